The summed E-state index contributed by atoms with van der Waals surface area (Å²) in [7, 11) is 2.22. The van der Waals surface area contributed by atoms with Gasteiger partial charge < -0.3 is 10.2 Å². The van der Waals surface area contributed by atoms with Crippen molar-refractivity contribution in [2.24, 2.45) is 11.8 Å². The van der Waals surface area contributed by atoms with Gasteiger partial charge in [0.25, 0.3) is 0 Å². The average Bonchev–Trinajstić information content (AvgIpc) is 2.78. The Bertz CT molecular complexity index is 203. The molecule has 2 fully saturated rings. The van der Waals surface area contributed by atoms with Crippen LogP contribution in [0.15, 0.2) is 0 Å². The first-order valence-corrected chi connectivity index (χ1v) is 6.60. The van der Waals surface area contributed by atoms with Crippen molar-refractivity contribution in [3.8, 4) is 0 Å². The van der Waals surface area contributed by atoms with Crippen LogP contribution in [0.5, 0.6) is 0 Å². The SMILES string of the molecule is CC(C)N(C)CCNC1CC2CCC1C2. The summed E-state index contributed by atoms with van der Waals surface area (Å²) in [6.07, 6.45) is 5.96. The number of likely N-dealkylation sites (N-methyl/N-ethyl adjacent to an activating group) is 1. The van der Waals surface area contributed by atoms with E-state index in [1.807, 2.05) is 0 Å². The number of rotatable bonds is 5. The molecule has 0 spiro atoms. The van der Waals surface area contributed by atoms with E-state index in [0.717, 1.165) is 17.9 Å². The third-order valence-corrected chi connectivity index (χ3v) is 4.49. The molecule has 2 bridgehead atoms. The lowest BCUT2D eigenvalue weighted by molar-refractivity contribution is 0.258. The van der Waals surface area contributed by atoms with E-state index < -0.39 is 0 Å². The molecule has 2 nitrogen and oxygen atoms in total. The second kappa shape index (κ2) is 4.84. The molecule has 2 heteroatoms. The van der Waals surface area contributed by atoms with Crippen LogP contribution in [0.1, 0.15) is 39.5 Å². The number of hydrogen-bond donors (Lipinski definition) is 1. The van der Waals surface area contributed by atoms with E-state index in [1.54, 1.807) is 0 Å². The highest BCUT2D eigenvalue weighted by Gasteiger charge is 2.38. The first kappa shape index (κ1) is 11.4. The third kappa shape index (κ3) is 2.73. The Morgan fingerprint density at radius 1 is 1.27 bits per heavy atom. The number of fused-ring (bicyclic) bond motifs is 2. The lowest BCUT2D eigenvalue weighted by Gasteiger charge is -2.26. The van der Waals surface area contributed by atoms with Crippen molar-refractivity contribution >= 4 is 0 Å². The van der Waals surface area contributed by atoms with Crippen LogP contribution >= 0.6 is 0 Å². The fourth-order valence-electron chi connectivity index (χ4n) is 3.18. The van der Waals surface area contributed by atoms with E-state index in [0.29, 0.717) is 6.04 Å². The predicted octanol–water partition coefficient (Wildman–Crippen LogP) is 2.10. The van der Waals surface area contributed by atoms with E-state index in [1.165, 1.54) is 38.8 Å². The van der Waals surface area contributed by atoms with Gasteiger partial charge in [0.05, 0.1) is 0 Å². The molecule has 88 valence electrons. The highest BCUT2D eigenvalue weighted by molar-refractivity contribution is 4.94. The fraction of sp³-hybridized carbons (Fsp3) is 1.00. The van der Waals surface area contributed by atoms with E-state index in [4.69, 9.17) is 0 Å². The smallest absolute Gasteiger partial charge is 0.0107 e. The zero-order valence-electron chi connectivity index (χ0n) is 10.5. The van der Waals surface area contributed by atoms with Gasteiger partial charge in [-0.1, -0.05) is 6.42 Å². The van der Waals surface area contributed by atoms with Gasteiger partial charge in [0.15, 0.2) is 0 Å². The quantitative estimate of drug-likeness (QED) is 0.747. The first-order valence-electron chi connectivity index (χ1n) is 6.60. The van der Waals surface area contributed by atoms with Crippen molar-refractivity contribution in [3.05, 3.63) is 0 Å². The normalized spacial score (nSPS) is 34.6. The summed E-state index contributed by atoms with van der Waals surface area (Å²) in [6.45, 7) is 6.88. The zero-order chi connectivity index (χ0) is 10.8. The fourth-order valence-corrected chi connectivity index (χ4v) is 3.18. The molecule has 0 heterocycles. The third-order valence-electron chi connectivity index (χ3n) is 4.49. The summed E-state index contributed by atoms with van der Waals surface area (Å²) in [5, 5.41) is 3.76. The largest absolute Gasteiger partial charge is 0.312 e. The van der Waals surface area contributed by atoms with Gasteiger partial charge in [0.2, 0.25) is 0 Å². The van der Waals surface area contributed by atoms with Gasteiger partial charge in [-0.3, -0.25) is 0 Å². The van der Waals surface area contributed by atoms with Crippen molar-refractivity contribution in [1.82, 2.24) is 10.2 Å². The number of hydrogen-bond acceptors (Lipinski definition) is 2. The van der Waals surface area contributed by atoms with Crippen LogP contribution in [0.4, 0.5) is 0 Å². The van der Waals surface area contributed by atoms with Gasteiger partial charge in [-0.05, 0) is 52.0 Å². The maximum absolute atomic E-state index is 3.76. The molecule has 0 aliphatic heterocycles. The van der Waals surface area contributed by atoms with Crippen LogP contribution in [-0.2, 0) is 0 Å². The maximum atomic E-state index is 3.76. The van der Waals surface area contributed by atoms with Gasteiger partial charge in [0.1, 0.15) is 0 Å². The molecule has 3 atom stereocenters. The molecule has 2 aliphatic rings. The molecule has 0 saturated heterocycles. The van der Waals surface area contributed by atoms with E-state index >= 15 is 0 Å². The second-order valence-corrected chi connectivity index (χ2v) is 5.81. The van der Waals surface area contributed by atoms with E-state index in [-0.39, 0.29) is 0 Å². The molecule has 2 aliphatic carbocycles. The summed E-state index contributed by atoms with van der Waals surface area (Å²) in [4.78, 5) is 2.42. The molecule has 0 amide bonds. The Hall–Kier alpha value is -0.0800. The molecule has 2 saturated carbocycles. The van der Waals surface area contributed by atoms with E-state index in [2.05, 4.69) is 31.1 Å². The highest BCUT2D eigenvalue weighted by atomic mass is 15.1. The van der Waals surface area contributed by atoms with E-state index in [9.17, 15) is 0 Å². The van der Waals surface area contributed by atoms with Crippen molar-refractivity contribution < 1.29 is 0 Å². The van der Waals surface area contributed by atoms with Crippen molar-refractivity contribution in [1.29, 1.82) is 0 Å². The van der Waals surface area contributed by atoms with Gasteiger partial charge >= 0.3 is 0 Å². The Balaban J connectivity index is 1.62. The molecule has 2 rings (SSSR count). The lowest BCUT2D eigenvalue weighted by atomic mass is 9.95. The molecule has 0 radical (unpaired) electrons. The molecule has 0 aromatic carbocycles. The standard InChI is InChI=1S/C13H26N2/c1-10(2)15(3)7-6-14-13-9-11-4-5-12(13)8-11/h10-14H,4-9H2,1-3H3. The predicted molar refractivity (Wildman–Crippen MR) is 65.0 cm³/mol. The Kier molecular flexibility index (Phi) is 3.68. The van der Waals surface area contributed by atoms with Crippen LogP contribution in [-0.4, -0.2) is 37.1 Å². The maximum Gasteiger partial charge on any atom is 0.0107 e. The van der Waals surface area contributed by atoms with Gasteiger partial charge in [-0.15, -0.1) is 0 Å². The second-order valence-electron chi connectivity index (χ2n) is 5.81. The van der Waals surface area contributed by atoms with Crippen LogP contribution in [0.25, 0.3) is 0 Å². The average molecular weight is 210 g/mol. The van der Waals surface area contributed by atoms with Gasteiger partial charge in [-0.25, -0.2) is 0 Å². The number of nitrogens with zero attached hydrogens (tertiary/aromatic N) is 1. The summed E-state index contributed by atoms with van der Waals surface area (Å²) in [6, 6.07) is 1.52. The minimum Gasteiger partial charge on any atom is -0.312 e. The molecule has 3 unspecified atom stereocenters. The van der Waals surface area contributed by atoms with Crippen LogP contribution in [0.3, 0.4) is 0 Å². The van der Waals surface area contributed by atoms with Gasteiger partial charge in [-0.2, -0.15) is 0 Å². The summed E-state index contributed by atoms with van der Waals surface area (Å²) in [5.74, 6) is 2.08. The summed E-state index contributed by atoms with van der Waals surface area (Å²) >= 11 is 0. The van der Waals surface area contributed by atoms with Crippen molar-refractivity contribution in [2.75, 3.05) is 20.1 Å². The lowest BCUT2D eigenvalue weighted by Crippen LogP contribution is -2.40. The van der Waals surface area contributed by atoms with Crippen molar-refractivity contribution in [2.45, 2.75) is 51.6 Å². The first-order chi connectivity index (χ1) is 7.16. The topological polar surface area (TPSA) is 15.3 Å². The summed E-state index contributed by atoms with van der Waals surface area (Å²) < 4.78 is 0. The molecule has 0 aromatic heterocycles. The van der Waals surface area contributed by atoms with Gasteiger partial charge in [0, 0.05) is 25.2 Å². The molecular formula is C13H26N2. The van der Waals surface area contributed by atoms with Crippen LogP contribution in [0.2, 0.25) is 0 Å². The molecule has 15 heavy (non-hydrogen) atoms. The van der Waals surface area contributed by atoms with Crippen molar-refractivity contribution in [3.63, 3.8) is 0 Å². The Morgan fingerprint density at radius 3 is 2.60 bits per heavy atom. The van der Waals surface area contributed by atoms with Crippen LogP contribution < -0.4 is 5.32 Å². The highest BCUT2D eigenvalue weighted by Crippen LogP contribution is 2.44. The monoisotopic (exact) mass is 210 g/mol. The molecule has 0 aromatic rings. The Morgan fingerprint density at radius 2 is 2.07 bits per heavy atom. The number of nitrogens with one attached hydrogen (secondary N) is 1. The van der Waals surface area contributed by atoms with Crippen LogP contribution in [0, 0.1) is 11.8 Å². The zero-order valence-corrected chi connectivity index (χ0v) is 10.5. The minimum atomic E-state index is 0.673. The molecule has 1 N–H and O–H groups in total. The summed E-state index contributed by atoms with van der Waals surface area (Å²) in [5.41, 5.74) is 0. The Labute approximate surface area is 94.4 Å². The minimum absolute atomic E-state index is 0.673. The molecular weight excluding hydrogens is 184 g/mol.